The molecule has 6 nitrogen and oxygen atoms in total. The monoisotopic (exact) mass is 431 g/mol. The van der Waals surface area contributed by atoms with Gasteiger partial charge in [-0.15, -0.1) is 0 Å². The standard InChI is InChI=1S/C21H19Cl2N3O3/c1-14-12-17(6-7-18(14)23)29-13-20(27)24-10-11-26-21(28)9-8-19(25-26)15-2-4-16(22)5-3-15/h2-9,12H,10-11,13H2,1H3,(H,24,27). The van der Waals surface area contributed by atoms with E-state index in [4.69, 9.17) is 27.9 Å². The summed E-state index contributed by atoms with van der Waals surface area (Å²) in [6, 6.07) is 15.5. The average molecular weight is 432 g/mol. The molecule has 0 radical (unpaired) electrons. The number of hydrogen-bond donors (Lipinski definition) is 1. The van der Waals surface area contributed by atoms with E-state index in [1.165, 1.54) is 10.7 Å². The van der Waals surface area contributed by atoms with E-state index < -0.39 is 0 Å². The fourth-order valence-electron chi connectivity index (χ4n) is 2.59. The summed E-state index contributed by atoms with van der Waals surface area (Å²) in [6.45, 7) is 2.22. The lowest BCUT2D eigenvalue weighted by Crippen LogP contribution is -2.34. The van der Waals surface area contributed by atoms with Crippen molar-refractivity contribution in [2.75, 3.05) is 13.2 Å². The van der Waals surface area contributed by atoms with Crippen molar-refractivity contribution in [3.8, 4) is 17.0 Å². The topological polar surface area (TPSA) is 73.2 Å². The lowest BCUT2D eigenvalue weighted by molar-refractivity contribution is -0.123. The molecule has 1 N–H and O–H groups in total. The van der Waals surface area contributed by atoms with Gasteiger partial charge in [0.1, 0.15) is 5.75 Å². The van der Waals surface area contributed by atoms with Gasteiger partial charge >= 0.3 is 0 Å². The Labute approximate surface area is 178 Å². The summed E-state index contributed by atoms with van der Waals surface area (Å²) in [6.07, 6.45) is 0. The van der Waals surface area contributed by atoms with Gasteiger partial charge in [-0.2, -0.15) is 5.10 Å². The zero-order valence-corrected chi connectivity index (χ0v) is 17.2. The van der Waals surface area contributed by atoms with E-state index in [1.807, 2.05) is 19.1 Å². The number of carbonyl (C=O) groups excluding carboxylic acids is 1. The molecule has 8 heteroatoms. The van der Waals surface area contributed by atoms with Gasteiger partial charge in [0.25, 0.3) is 11.5 Å². The van der Waals surface area contributed by atoms with E-state index in [0.717, 1.165) is 11.1 Å². The molecule has 1 aromatic heterocycles. The van der Waals surface area contributed by atoms with Crippen LogP contribution in [0.4, 0.5) is 0 Å². The molecule has 2 aromatic carbocycles. The third-order valence-electron chi connectivity index (χ3n) is 4.15. The number of aryl methyl sites for hydroxylation is 1. The summed E-state index contributed by atoms with van der Waals surface area (Å²) in [5.74, 6) is 0.273. The van der Waals surface area contributed by atoms with E-state index in [2.05, 4.69) is 10.4 Å². The number of aromatic nitrogens is 2. The summed E-state index contributed by atoms with van der Waals surface area (Å²) >= 11 is 11.9. The Morgan fingerprint density at radius 3 is 2.59 bits per heavy atom. The highest BCUT2D eigenvalue weighted by Crippen LogP contribution is 2.21. The van der Waals surface area contributed by atoms with E-state index in [1.54, 1.807) is 36.4 Å². The number of ether oxygens (including phenoxy) is 1. The molecule has 1 amide bonds. The van der Waals surface area contributed by atoms with Gasteiger partial charge in [-0.05, 0) is 48.9 Å². The molecule has 0 fully saturated rings. The first-order valence-corrected chi connectivity index (χ1v) is 9.68. The lowest BCUT2D eigenvalue weighted by Gasteiger charge is -2.10. The molecule has 0 aliphatic rings. The molecule has 29 heavy (non-hydrogen) atoms. The first-order valence-electron chi connectivity index (χ1n) is 8.92. The number of amides is 1. The first-order chi connectivity index (χ1) is 13.9. The Hall–Kier alpha value is -2.83. The molecule has 3 aromatic rings. The quantitative estimate of drug-likeness (QED) is 0.618. The number of rotatable bonds is 7. The van der Waals surface area contributed by atoms with Crippen LogP contribution in [0.15, 0.2) is 59.4 Å². The van der Waals surface area contributed by atoms with Crippen molar-refractivity contribution in [3.63, 3.8) is 0 Å². The highest BCUT2D eigenvalue weighted by Gasteiger charge is 2.06. The van der Waals surface area contributed by atoms with Crippen LogP contribution >= 0.6 is 23.2 Å². The predicted octanol–water partition coefficient (Wildman–Crippen LogP) is 3.72. The maximum atomic E-state index is 12.0. The van der Waals surface area contributed by atoms with Crippen LogP contribution in [0, 0.1) is 6.92 Å². The number of benzene rings is 2. The van der Waals surface area contributed by atoms with Gasteiger partial charge in [0.15, 0.2) is 6.61 Å². The Balaban J connectivity index is 1.53. The molecule has 0 aliphatic carbocycles. The Bertz CT molecular complexity index is 1070. The highest BCUT2D eigenvalue weighted by molar-refractivity contribution is 6.31. The molecule has 0 saturated carbocycles. The Morgan fingerprint density at radius 2 is 1.86 bits per heavy atom. The largest absolute Gasteiger partial charge is 0.484 e. The molecule has 0 atom stereocenters. The number of hydrogen-bond acceptors (Lipinski definition) is 4. The second-order valence-electron chi connectivity index (χ2n) is 6.34. The van der Waals surface area contributed by atoms with Crippen molar-refractivity contribution in [2.24, 2.45) is 0 Å². The second kappa shape index (κ2) is 9.58. The lowest BCUT2D eigenvalue weighted by atomic mass is 10.1. The average Bonchev–Trinajstić information content (AvgIpc) is 2.71. The molecule has 0 bridgehead atoms. The SMILES string of the molecule is Cc1cc(OCC(=O)NCCn2nc(-c3ccc(Cl)cc3)ccc2=O)ccc1Cl. The van der Waals surface area contributed by atoms with Crippen molar-refractivity contribution in [2.45, 2.75) is 13.5 Å². The summed E-state index contributed by atoms with van der Waals surface area (Å²) in [5.41, 5.74) is 2.12. The second-order valence-corrected chi connectivity index (χ2v) is 7.18. The van der Waals surface area contributed by atoms with Crippen molar-refractivity contribution >= 4 is 29.1 Å². The summed E-state index contributed by atoms with van der Waals surface area (Å²) in [5, 5.41) is 8.33. The molecule has 0 saturated heterocycles. The highest BCUT2D eigenvalue weighted by atomic mass is 35.5. The molecule has 0 spiro atoms. The van der Waals surface area contributed by atoms with Gasteiger partial charge in [0, 0.05) is 28.2 Å². The number of halogens is 2. The van der Waals surface area contributed by atoms with Crippen LogP contribution in [0.5, 0.6) is 5.75 Å². The fraction of sp³-hybridized carbons (Fsp3) is 0.190. The normalized spacial score (nSPS) is 10.6. The molecule has 3 rings (SSSR count). The van der Waals surface area contributed by atoms with Crippen LogP contribution in [0.3, 0.4) is 0 Å². The Morgan fingerprint density at radius 1 is 1.10 bits per heavy atom. The summed E-state index contributed by atoms with van der Waals surface area (Å²) < 4.78 is 6.76. The van der Waals surface area contributed by atoms with Crippen LogP contribution in [-0.4, -0.2) is 28.8 Å². The van der Waals surface area contributed by atoms with E-state index in [-0.39, 0.29) is 31.2 Å². The van der Waals surface area contributed by atoms with Gasteiger partial charge in [-0.3, -0.25) is 9.59 Å². The number of carbonyl (C=O) groups is 1. The zero-order valence-electron chi connectivity index (χ0n) is 15.7. The molecular formula is C21H19Cl2N3O3. The van der Waals surface area contributed by atoms with Gasteiger partial charge in [-0.1, -0.05) is 35.3 Å². The van der Waals surface area contributed by atoms with Crippen molar-refractivity contribution in [1.29, 1.82) is 0 Å². The molecule has 0 aliphatic heterocycles. The van der Waals surface area contributed by atoms with Crippen LogP contribution in [0.25, 0.3) is 11.3 Å². The van der Waals surface area contributed by atoms with Crippen LogP contribution in [0.1, 0.15) is 5.56 Å². The third-order valence-corrected chi connectivity index (χ3v) is 4.83. The van der Waals surface area contributed by atoms with Crippen molar-refractivity contribution in [3.05, 3.63) is 80.6 Å². The van der Waals surface area contributed by atoms with Crippen LogP contribution in [-0.2, 0) is 11.3 Å². The smallest absolute Gasteiger partial charge is 0.266 e. The van der Waals surface area contributed by atoms with Gasteiger partial charge in [-0.25, -0.2) is 4.68 Å². The zero-order chi connectivity index (χ0) is 20.8. The molecule has 0 unspecified atom stereocenters. The van der Waals surface area contributed by atoms with E-state index >= 15 is 0 Å². The van der Waals surface area contributed by atoms with Gasteiger partial charge in [0.2, 0.25) is 0 Å². The minimum atomic E-state index is -0.292. The molecular weight excluding hydrogens is 413 g/mol. The molecule has 150 valence electrons. The van der Waals surface area contributed by atoms with Gasteiger partial charge < -0.3 is 10.1 Å². The maximum absolute atomic E-state index is 12.0. The minimum Gasteiger partial charge on any atom is -0.484 e. The molecule has 1 heterocycles. The van der Waals surface area contributed by atoms with Gasteiger partial charge in [0.05, 0.1) is 12.2 Å². The number of nitrogens with zero attached hydrogens (tertiary/aromatic N) is 2. The fourth-order valence-corrected chi connectivity index (χ4v) is 2.84. The van der Waals surface area contributed by atoms with Crippen molar-refractivity contribution < 1.29 is 9.53 Å². The Kier molecular flexibility index (Phi) is 6.90. The minimum absolute atomic E-state index is 0.131. The maximum Gasteiger partial charge on any atom is 0.266 e. The van der Waals surface area contributed by atoms with E-state index in [9.17, 15) is 9.59 Å². The third kappa shape index (κ3) is 5.82. The van der Waals surface area contributed by atoms with Crippen molar-refractivity contribution in [1.82, 2.24) is 15.1 Å². The summed E-state index contributed by atoms with van der Waals surface area (Å²) in [7, 11) is 0. The number of nitrogens with one attached hydrogen (secondary N) is 1. The first kappa shape index (κ1) is 20.9. The predicted molar refractivity (Wildman–Crippen MR) is 114 cm³/mol. The summed E-state index contributed by atoms with van der Waals surface area (Å²) in [4.78, 5) is 24.0. The van der Waals surface area contributed by atoms with E-state index in [0.29, 0.717) is 21.5 Å². The van der Waals surface area contributed by atoms with Crippen LogP contribution in [0.2, 0.25) is 10.0 Å². The van der Waals surface area contributed by atoms with Crippen LogP contribution < -0.4 is 15.6 Å².